The lowest BCUT2D eigenvalue weighted by Gasteiger charge is -2.06. The van der Waals surface area contributed by atoms with Crippen LogP contribution in [0.4, 0.5) is 0 Å². The predicted octanol–water partition coefficient (Wildman–Crippen LogP) is 0.706. The van der Waals surface area contributed by atoms with Crippen LogP contribution in [-0.4, -0.2) is 31.1 Å². The van der Waals surface area contributed by atoms with Crippen molar-refractivity contribution >= 4 is 5.91 Å². The quantitative estimate of drug-likeness (QED) is 0.733. The van der Waals surface area contributed by atoms with E-state index in [9.17, 15) is 4.79 Å². The summed E-state index contributed by atoms with van der Waals surface area (Å²) in [6.07, 6.45) is 2.67. The molecule has 0 saturated heterocycles. The van der Waals surface area contributed by atoms with E-state index in [1.807, 2.05) is 19.1 Å². The van der Waals surface area contributed by atoms with E-state index >= 15 is 0 Å². The fourth-order valence-electron chi connectivity index (χ4n) is 1.23. The molecule has 0 aliphatic heterocycles. The van der Waals surface area contributed by atoms with Crippen molar-refractivity contribution in [3.63, 3.8) is 0 Å². The number of likely N-dealkylation sites (N-methyl/N-ethyl adjacent to an activating group) is 1. The van der Waals surface area contributed by atoms with Gasteiger partial charge >= 0.3 is 0 Å². The molecule has 0 atom stereocenters. The van der Waals surface area contributed by atoms with Crippen LogP contribution < -0.4 is 15.4 Å². The van der Waals surface area contributed by atoms with Gasteiger partial charge in [-0.3, -0.25) is 4.79 Å². The Balaban J connectivity index is 2.37. The van der Waals surface area contributed by atoms with E-state index in [1.54, 1.807) is 13.2 Å². The summed E-state index contributed by atoms with van der Waals surface area (Å²) in [5, 5.41) is 5.57. The van der Waals surface area contributed by atoms with Gasteiger partial charge in [0.1, 0.15) is 0 Å². The van der Waals surface area contributed by atoms with E-state index in [1.165, 1.54) is 0 Å². The van der Waals surface area contributed by atoms with Gasteiger partial charge in [-0.05, 0) is 19.0 Å². The SMILES string of the molecule is CCCOc1ccc(CNC(=O)CNC)cn1. The molecule has 0 spiro atoms. The molecule has 0 aliphatic rings. The van der Waals surface area contributed by atoms with Crippen molar-refractivity contribution in [1.82, 2.24) is 15.6 Å². The second kappa shape index (κ2) is 7.62. The Kier molecular flexibility index (Phi) is 6.03. The summed E-state index contributed by atoms with van der Waals surface area (Å²) < 4.78 is 5.37. The third-order valence-corrected chi connectivity index (χ3v) is 2.08. The van der Waals surface area contributed by atoms with Crippen molar-refractivity contribution in [3.05, 3.63) is 23.9 Å². The van der Waals surface area contributed by atoms with Crippen LogP contribution in [0.3, 0.4) is 0 Å². The molecule has 17 heavy (non-hydrogen) atoms. The van der Waals surface area contributed by atoms with Gasteiger partial charge in [0.25, 0.3) is 0 Å². The van der Waals surface area contributed by atoms with Gasteiger partial charge in [0.05, 0.1) is 13.2 Å². The van der Waals surface area contributed by atoms with Crippen LogP contribution in [0.5, 0.6) is 5.88 Å². The summed E-state index contributed by atoms with van der Waals surface area (Å²) in [6.45, 7) is 3.53. The third kappa shape index (κ3) is 5.31. The van der Waals surface area contributed by atoms with Crippen molar-refractivity contribution in [1.29, 1.82) is 0 Å². The number of pyridine rings is 1. The first-order valence-corrected chi connectivity index (χ1v) is 5.75. The largest absolute Gasteiger partial charge is 0.478 e. The highest BCUT2D eigenvalue weighted by Crippen LogP contribution is 2.07. The van der Waals surface area contributed by atoms with Gasteiger partial charge in [-0.15, -0.1) is 0 Å². The first-order valence-electron chi connectivity index (χ1n) is 5.75. The number of hydrogen-bond donors (Lipinski definition) is 2. The smallest absolute Gasteiger partial charge is 0.234 e. The number of nitrogens with zero attached hydrogens (tertiary/aromatic N) is 1. The molecule has 1 heterocycles. The van der Waals surface area contributed by atoms with Crippen LogP contribution in [0.1, 0.15) is 18.9 Å². The highest BCUT2D eigenvalue weighted by molar-refractivity contribution is 5.77. The highest BCUT2D eigenvalue weighted by atomic mass is 16.5. The first kappa shape index (κ1) is 13.4. The zero-order chi connectivity index (χ0) is 12.5. The second-order valence-corrected chi connectivity index (χ2v) is 3.66. The molecule has 0 saturated carbocycles. The lowest BCUT2D eigenvalue weighted by atomic mass is 10.3. The molecular weight excluding hydrogens is 218 g/mol. The maximum absolute atomic E-state index is 11.2. The van der Waals surface area contributed by atoms with E-state index in [-0.39, 0.29) is 5.91 Å². The van der Waals surface area contributed by atoms with Gasteiger partial charge in [0.15, 0.2) is 0 Å². The van der Waals surface area contributed by atoms with E-state index in [0.29, 0.717) is 25.6 Å². The summed E-state index contributed by atoms with van der Waals surface area (Å²) in [6, 6.07) is 3.72. The molecule has 0 radical (unpaired) electrons. The minimum Gasteiger partial charge on any atom is -0.478 e. The molecule has 5 nitrogen and oxygen atoms in total. The number of carbonyl (C=O) groups is 1. The van der Waals surface area contributed by atoms with Crippen LogP contribution in [0.25, 0.3) is 0 Å². The summed E-state index contributed by atoms with van der Waals surface area (Å²) >= 11 is 0. The van der Waals surface area contributed by atoms with Crippen molar-refractivity contribution in [2.24, 2.45) is 0 Å². The van der Waals surface area contributed by atoms with Gasteiger partial charge in [-0.25, -0.2) is 4.98 Å². The number of rotatable bonds is 7. The molecule has 0 unspecified atom stereocenters. The van der Waals surface area contributed by atoms with Gasteiger partial charge < -0.3 is 15.4 Å². The lowest BCUT2D eigenvalue weighted by Crippen LogP contribution is -2.31. The molecule has 2 N–H and O–H groups in total. The van der Waals surface area contributed by atoms with Crippen molar-refractivity contribution < 1.29 is 9.53 Å². The molecule has 1 rings (SSSR count). The van der Waals surface area contributed by atoms with Crippen LogP contribution in [0, 0.1) is 0 Å². The molecule has 5 heteroatoms. The average Bonchev–Trinajstić information content (AvgIpc) is 2.35. The molecule has 1 aromatic heterocycles. The predicted molar refractivity (Wildman–Crippen MR) is 65.8 cm³/mol. The number of ether oxygens (including phenoxy) is 1. The molecule has 1 amide bonds. The second-order valence-electron chi connectivity index (χ2n) is 3.66. The zero-order valence-corrected chi connectivity index (χ0v) is 10.3. The first-order chi connectivity index (χ1) is 8.26. The standard InChI is InChI=1S/C12H19N3O2/c1-3-6-17-12-5-4-10(8-15-12)7-14-11(16)9-13-2/h4-5,8,13H,3,6-7,9H2,1-2H3,(H,14,16). The maximum Gasteiger partial charge on any atom is 0.234 e. The number of amides is 1. The molecule has 0 bridgehead atoms. The fraction of sp³-hybridized carbons (Fsp3) is 0.500. The van der Waals surface area contributed by atoms with Crippen LogP contribution in [-0.2, 0) is 11.3 Å². The Bertz CT molecular complexity index is 338. The van der Waals surface area contributed by atoms with E-state index in [0.717, 1.165) is 12.0 Å². The molecule has 0 aliphatic carbocycles. The van der Waals surface area contributed by atoms with Crippen LogP contribution >= 0.6 is 0 Å². The molecule has 1 aromatic rings. The van der Waals surface area contributed by atoms with Crippen molar-refractivity contribution in [2.75, 3.05) is 20.2 Å². The molecule has 0 aromatic carbocycles. The van der Waals surface area contributed by atoms with Gasteiger partial charge in [0.2, 0.25) is 11.8 Å². The fourth-order valence-corrected chi connectivity index (χ4v) is 1.23. The van der Waals surface area contributed by atoms with Gasteiger partial charge in [-0.2, -0.15) is 0 Å². The Labute approximate surface area is 102 Å². The summed E-state index contributed by atoms with van der Waals surface area (Å²) in [5.74, 6) is 0.593. The summed E-state index contributed by atoms with van der Waals surface area (Å²) in [7, 11) is 1.74. The Morgan fingerprint density at radius 3 is 2.88 bits per heavy atom. The average molecular weight is 237 g/mol. The minimum absolute atomic E-state index is 0.0289. The van der Waals surface area contributed by atoms with Gasteiger partial charge in [0, 0.05) is 18.8 Å². The Morgan fingerprint density at radius 2 is 2.29 bits per heavy atom. The van der Waals surface area contributed by atoms with Gasteiger partial charge in [-0.1, -0.05) is 13.0 Å². The number of aromatic nitrogens is 1. The number of carbonyl (C=O) groups excluding carboxylic acids is 1. The maximum atomic E-state index is 11.2. The van der Waals surface area contributed by atoms with Crippen molar-refractivity contribution in [3.8, 4) is 5.88 Å². The van der Waals surface area contributed by atoms with Crippen molar-refractivity contribution in [2.45, 2.75) is 19.9 Å². The Morgan fingerprint density at radius 1 is 1.47 bits per heavy atom. The molecular formula is C12H19N3O2. The van der Waals surface area contributed by atoms with E-state index in [4.69, 9.17) is 4.74 Å². The van der Waals surface area contributed by atoms with Crippen LogP contribution in [0.15, 0.2) is 18.3 Å². The summed E-state index contributed by atoms with van der Waals surface area (Å²) in [4.78, 5) is 15.4. The summed E-state index contributed by atoms with van der Waals surface area (Å²) in [5.41, 5.74) is 0.957. The van der Waals surface area contributed by atoms with E-state index in [2.05, 4.69) is 15.6 Å². The third-order valence-electron chi connectivity index (χ3n) is 2.08. The molecule has 0 fully saturated rings. The monoisotopic (exact) mass is 237 g/mol. The number of nitrogens with one attached hydrogen (secondary N) is 2. The lowest BCUT2D eigenvalue weighted by molar-refractivity contribution is -0.120. The normalized spacial score (nSPS) is 10.0. The minimum atomic E-state index is -0.0289. The topological polar surface area (TPSA) is 63.2 Å². The number of hydrogen-bond acceptors (Lipinski definition) is 4. The van der Waals surface area contributed by atoms with E-state index < -0.39 is 0 Å². The Hall–Kier alpha value is -1.62. The highest BCUT2D eigenvalue weighted by Gasteiger charge is 2.00. The zero-order valence-electron chi connectivity index (χ0n) is 10.3. The molecule has 94 valence electrons. The van der Waals surface area contributed by atoms with Crippen LogP contribution in [0.2, 0.25) is 0 Å².